The van der Waals surface area contributed by atoms with Crippen molar-refractivity contribution < 1.29 is 38.4 Å². The van der Waals surface area contributed by atoms with Gasteiger partial charge in [-0.1, -0.05) is 61.8 Å². The second-order valence-electron chi connectivity index (χ2n) is 23.6. The molecule has 8 aliphatic carbocycles. The first-order valence-corrected chi connectivity index (χ1v) is 25.3. The number of hydrogen-bond donors (Lipinski definition) is 1. The van der Waals surface area contributed by atoms with Crippen molar-refractivity contribution in [1.82, 2.24) is 0 Å². The molecule has 8 saturated carbocycles. The summed E-state index contributed by atoms with van der Waals surface area (Å²) in [5.74, 6) is 7.02. The molecular weight excluding hydrogens is 753 g/mol. The van der Waals surface area contributed by atoms with Crippen molar-refractivity contribution in [2.45, 2.75) is 177 Å². The van der Waals surface area contributed by atoms with E-state index in [-0.39, 0.29) is 64.0 Å². The number of ketones is 3. The van der Waals surface area contributed by atoms with Gasteiger partial charge in [0.2, 0.25) is 0 Å². The van der Waals surface area contributed by atoms with E-state index in [2.05, 4.69) is 55.4 Å². The van der Waals surface area contributed by atoms with Crippen LogP contribution in [0.25, 0.3) is 0 Å². The number of rotatable bonds is 6. The van der Waals surface area contributed by atoms with Gasteiger partial charge in [-0.25, -0.2) is 0 Å². The Morgan fingerprint density at radius 2 is 1.02 bits per heavy atom. The van der Waals surface area contributed by atoms with Crippen molar-refractivity contribution in [3.05, 3.63) is 0 Å². The molecule has 19 atom stereocenters. The number of carbonyl (C=O) groups excluding carboxylic acids is 3. The Morgan fingerprint density at radius 3 is 1.55 bits per heavy atom. The van der Waals surface area contributed by atoms with Gasteiger partial charge in [0, 0.05) is 49.4 Å². The summed E-state index contributed by atoms with van der Waals surface area (Å²) < 4.78 is 23.6. The summed E-state index contributed by atoms with van der Waals surface area (Å²) >= 11 is 0. The summed E-state index contributed by atoms with van der Waals surface area (Å²) in [6.07, 6.45) is 16.0. The second-order valence-corrected chi connectivity index (χ2v) is 23.6. The number of fused-ring (bicyclic) bond motifs is 10. The minimum atomic E-state index is -0.248. The highest BCUT2D eigenvalue weighted by atomic mass is 16.7. The Hall–Kier alpha value is -1.19. The molecule has 0 radical (unpaired) electrons. The van der Waals surface area contributed by atoms with E-state index in [0.29, 0.717) is 103 Å². The molecule has 2 saturated heterocycles. The van der Waals surface area contributed by atoms with Gasteiger partial charge < -0.3 is 24.1 Å². The van der Waals surface area contributed by atoms with Crippen LogP contribution in [0.3, 0.4) is 0 Å². The van der Waals surface area contributed by atoms with Gasteiger partial charge in [-0.15, -0.1) is 0 Å². The number of aliphatic hydroxyl groups excluding tert-OH is 1. The van der Waals surface area contributed by atoms with E-state index in [0.717, 1.165) is 58.2 Å². The fraction of sp³-hybridized carbons (Fsp3) is 0.942. The normalized spacial score (nSPS) is 51.4. The van der Waals surface area contributed by atoms with Crippen LogP contribution in [0.15, 0.2) is 0 Å². The van der Waals surface area contributed by atoms with E-state index in [1.807, 2.05) is 0 Å². The SMILES string of the molecule is CC[C@@H]1C(=O)C2C(CC[C@@]3(C)C2CC[C@@H]3[C@H](C)C2OCCO2)[C@@]2(C)CCC(=O)CC12.CC[C@H]1C2CC(=O)CC[C@]2(C)C2CC[C@@]3(C)C(CC[C@@H]3[C@H](C)C3OCCO3)C2[C@@H]1O. The van der Waals surface area contributed by atoms with E-state index in [1.165, 1.54) is 44.9 Å². The summed E-state index contributed by atoms with van der Waals surface area (Å²) in [6.45, 7) is 21.8. The summed E-state index contributed by atoms with van der Waals surface area (Å²) in [7, 11) is 0. The minimum Gasteiger partial charge on any atom is -0.393 e. The van der Waals surface area contributed by atoms with E-state index >= 15 is 0 Å². The fourth-order valence-electron chi connectivity index (χ4n) is 18.8. The smallest absolute Gasteiger partial charge is 0.160 e. The Morgan fingerprint density at radius 1 is 0.567 bits per heavy atom. The van der Waals surface area contributed by atoms with E-state index in [1.54, 1.807) is 0 Å². The Kier molecular flexibility index (Phi) is 12.0. The zero-order chi connectivity index (χ0) is 42.5. The van der Waals surface area contributed by atoms with E-state index in [9.17, 15) is 19.5 Å². The third-order valence-corrected chi connectivity index (χ3v) is 21.8. The van der Waals surface area contributed by atoms with Crippen LogP contribution in [-0.4, -0.2) is 67.6 Å². The van der Waals surface area contributed by atoms with E-state index < -0.39 is 0 Å². The summed E-state index contributed by atoms with van der Waals surface area (Å²) in [6, 6.07) is 0. The molecule has 10 fully saturated rings. The van der Waals surface area contributed by atoms with Gasteiger partial charge in [0.15, 0.2) is 12.6 Å². The first-order valence-electron chi connectivity index (χ1n) is 25.3. The number of hydrogen-bond acceptors (Lipinski definition) is 8. The largest absolute Gasteiger partial charge is 0.393 e. The van der Waals surface area contributed by atoms with Crippen LogP contribution < -0.4 is 0 Å². The monoisotopic (exact) mass is 835 g/mol. The molecule has 1 N–H and O–H groups in total. The summed E-state index contributed by atoms with van der Waals surface area (Å²) in [4.78, 5) is 38.6. The molecule has 10 aliphatic rings. The zero-order valence-corrected chi connectivity index (χ0v) is 38.8. The molecule has 60 heavy (non-hydrogen) atoms. The Balaban J connectivity index is 0.000000154. The van der Waals surface area contributed by atoms with Gasteiger partial charge in [0.1, 0.15) is 17.3 Å². The standard InChI is InChI=1S/C26H42O4.C26H40O4/c2*1-5-17-21-14-16(27)8-10-26(21,4)20-9-11-25(3)18(15(2)24-29-12-13-30-24)6-7-19(25)22(20)23(17)28/h15,17-24,28H,5-14H2,1-4H3;15,17-22,24H,5-14H2,1-4H3/t15-,17-,18+,19?,20?,21?,22?,23+,25+,26+;15-,17-,18+,19?,20?,21?,22?,25+,26+/m00/s1. The highest BCUT2D eigenvalue weighted by Crippen LogP contribution is 2.71. The van der Waals surface area contributed by atoms with Crippen LogP contribution >= 0.6 is 0 Å². The average Bonchev–Trinajstić information content (AvgIpc) is 4.06. The van der Waals surface area contributed by atoms with Crippen LogP contribution in [0.4, 0.5) is 0 Å². The molecule has 8 nitrogen and oxygen atoms in total. The highest BCUT2D eigenvalue weighted by molar-refractivity contribution is 5.88. The third-order valence-electron chi connectivity index (χ3n) is 21.8. The van der Waals surface area contributed by atoms with Crippen molar-refractivity contribution in [3.8, 4) is 0 Å². The molecular formula is C52H82O8. The predicted molar refractivity (Wildman–Crippen MR) is 230 cm³/mol. The van der Waals surface area contributed by atoms with Crippen LogP contribution in [0, 0.1) is 105 Å². The molecule has 338 valence electrons. The molecule has 10 rings (SSSR count). The first-order chi connectivity index (χ1) is 28.6. The van der Waals surface area contributed by atoms with Crippen LogP contribution in [0.1, 0.15) is 158 Å². The average molecular weight is 835 g/mol. The molecule has 0 spiro atoms. The predicted octanol–water partition coefficient (Wildman–Crippen LogP) is 9.87. The van der Waals surface area contributed by atoms with Gasteiger partial charge in [-0.2, -0.15) is 0 Å². The minimum absolute atomic E-state index is 0.0470. The van der Waals surface area contributed by atoms with Crippen molar-refractivity contribution in [1.29, 1.82) is 0 Å². The molecule has 0 aromatic carbocycles. The van der Waals surface area contributed by atoms with Crippen LogP contribution in [-0.2, 0) is 33.3 Å². The molecule has 2 aliphatic heterocycles. The Labute approximate surface area is 362 Å². The van der Waals surface area contributed by atoms with Crippen molar-refractivity contribution >= 4 is 17.3 Å². The maximum atomic E-state index is 14.0. The lowest BCUT2D eigenvalue weighted by molar-refractivity contribution is -0.198. The zero-order valence-electron chi connectivity index (χ0n) is 38.8. The lowest BCUT2D eigenvalue weighted by Gasteiger charge is -2.64. The first kappa shape index (κ1) is 44.0. The molecule has 0 bridgehead atoms. The van der Waals surface area contributed by atoms with Gasteiger partial charge in [-0.05, 0) is 151 Å². The van der Waals surface area contributed by atoms with Gasteiger partial charge in [0.25, 0.3) is 0 Å². The van der Waals surface area contributed by atoms with Crippen LogP contribution in [0.2, 0.25) is 0 Å². The lowest BCUT2D eigenvalue weighted by Crippen LogP contribution is -2.62. The van der Waals surface area contributed by atoms with Crippen molar-refractivity contribution in [2.75, 3.05) is 26.4 Å². The van der Waals surface area contributed by atoms with Crippen molar-refractivity contribution in [2.24, 2.45) is 105 Å². The van der Waals surface area contributed by atoms with Gasteiger partial charge >= 0.3 is 0 Å². The third kappa shape index (κ3) is 6.68. The number of ether oxygens (including phenoxy) is 4. The van der Waals surface area contributed by atoms with Crippen LogP contribution in [0.5, 0.6) is 0 Å². The lowest BCUT2D eigenvalue weighted by atomic mass is 9.41. The summed E-state index contributed by atoms with van der Waals surface area (Å²) in [5, 5.41) is 11.7. The molecule has 8 unspecified atom stereocenters. The molecule has 0 aromatic heterocycles. The quantitative estimate of drug-likeness (QED) is 0.282. The maximum Gasteiger partial charge on any atom is 0.160 e. The molecule has 2 heterocycles. The highest BCUT2D eigenvalue weighted by Gasteiger charge is 2.67. The number of Topliss-reactive ketones (excluding diaryl/α,β-unsaturated/α-hetero) is 3. The molecule has 8 heteroatoms. The molecule has 0 aromatic rings. The second kappa shape index (κ2) is 16.4. The molecule has 0 amide bonds. The van der Waals surface area contributed by atoms with Crippen molar-refractivity contribution in [3.63, 3.8) is 0 Å². The Bertz CT molecular complexity index is 1620. The maximum absolute atomic E-state index is 14.0. The number of carbonyl (C=O) groups is 3. The number of aliphatic hydroxyl groups is 1. The summed E-state index contributed by atoms with van der Waals surface area (Å²) in [5.41, 5.74) is 0.859. The van der Waals surface area contributed by atoms with Gasteiger partial charge in [0.05, 0.1) is 32.5 Å². The van der Waals surface area contributed by atoms with E-state index in [4.69, 9.17) is 18.9 Å². The topological polar surface area (TPSA) is 108 Å². The fourth-order valence-corrected chi connectivity index (χ4v) is 18.8. The van der Waals surface area contributed by atoms with Gasteiger partial charge in [-0.3, -0.25) is 14.4 Å².